The fourth-order valence-corrected chi connectivity index (χ4v) is 4.05. The van der Waals surface area contributed by atoms with E-state index < -0.39 is 11.4 Å². The van der Waals surface area contributed by atoms with Gasteiger partial charge in [0.1, 0.15) is 11.6 Å². The first-order chi connectivity index (χ1) is 15.1. The number of nitrogens with two attached hydrogens (primary N) is 1. The molecule has 0 amide bonds. The summed E-state index contributed by atoms with van der Waals surface area (Å²) < 4.78 is 13.1. The Morgan fingerprint density at radius 3 is 2.39 bits per heavy atom. The van der Waals surface area contributed by atoms with Gasteiger partial charge in [-0.1, -0.05) is 55.5 Å². The number of aryl methyl sites for hydroxylation is 1. The standard InChI is InChI=1S/C24H22N4O3/c1-3-19-20-22(28(27-19)17-13-9-6-10-14-17)31-21(26)18(15-25)24(20,23(29)30-4-2)16-11-7-5-8-12-16/h5-14H,3-4,26H2,1-2H3. The predicted octanol–water partition coefficient (Wildman–Crippen LogP) is 3.37. The summed E-state index contributed by atoms with van der Waals surface area (Å²) in [5.41, 5.74) is 7.07. The minimum Gasteiger partial charge on any atom is -0.465 e. The van der Waals surface area contributed by atoms with Crippen LogP contribution >= 0.6 is 0 Å². The monoisotopic (exact) mass is 414 g/mol. The molecule has 0 saturated carbocycles. The second kappa shape index (κ2) is 8.00. The van der Waals surface area contributed by atoms with E-state index in [2.05, 4.69) is 6.07 Å². The van der Waals surface area contributed by atoms with Crippen molar-refractivity contribution in [2.24, 2.45) is 5.73 Å². The molecule has 1 atom stereocenters. The number of carbonyl (C=O) groups excluding carboxylic acids is 1. The van der Waals surface area contributed by atoms with Crippen molar-refractivity contribution in [2.45, 2.75) is 25.7 Å². The smallest absolute Gasteiger partial charge is 0.326 e. The molecule has 0 radical (unpaired) electrons. The van der Waals surface area contributed by atoms with Crippen LogP contribution in [0.25, 0.3) is 5.69 Å². The second-order valence-electron chi connectivity index (χ2n) is 7.02. The van der Waals surface area contributed by atoms with Crippen molar-refractivity contribution in [3.8, 4) is 17.6 Å². The summed E-state index contributed by atoms with van der Waals surface area (Å²) in [6.07, 6.45) is 0.512. The lowest BCUT2D eigenvalue weighted by molar-refractivity contribution is -0.147. The highest BCUT2D eigenvalue weighted by atomic mass is 16.5. The highest BCUT2D eigenvalue weighted by Crippen LogP contribution is 2.50. The third-order valence-corrected chi connectivity index (χ3v) is 5.35. The zero-order valence-electron chi connectivity index (χ0n) is 17.3. The van der Waals surface area contributed by atoms with Gasteiger partial charge in [0.05, 0.1) is 23.6 Å². The lowest BCUT2D eigenvalue weighted by Crippen LogP contribution is -2.45. The Hall–Kier alpha value is -4.05. The quantitative estimate of drug-likeness (QED) is 0.642. The summed E-state index contributed by atoms with van der Waals surface area (Å²) in [5.74, 6) is -0.435. The Kier molecular flexibility index (Phi) is 5.22. The number of hydrogen-bond acceptors (Lipinski definition) is 6. The first-order valence-corrected chi connectivity index (χ1v) is 10.1. The number of nitriles is 1. The van der Waals surface area contributed by atoms with Gasteiger partial charge in [0.2, 0.25) is 11.8 Å². The van der Waals surface area contributed by atoms with E-state index in [4.69, 9.17) is 20.3 Å². The van der Waals surface area contributed by atoms with Gasteiger partial charge in [-0.15, -0.1) is 0 Å². The van der Waals surface area contributed by atoms with Crippen LogP contribution in [0.1, 0.15) is 30.7 Å². The van der Waals surface area contributed by atoms with Crippen LogP contribution in [-0.2, 0) is 21.4 Å². The number of rotatable bonds is 5. The van der Waals surface area contributed by atoms with Crippen molar-refractivity contribution in [1.82, 2.24) is 9.78 Å². The van der Waals surface area contributed by atoms with Gasteiger partial charge in [-0.3, -0.25) is 4.79 Å². The van der Waals surface area contributed by atoms with Gasteiger partial charge in [-0.2, -0.15) is 10.4 Å². The molecule has 2 N–H and O–H groups in total. The van der Waals surface area contributed by atoms with Crippen LogP contribution in [0.15, 0.2) is 72.1 Å². The fourth-order valence-electron chi connectivity index (χ4n) is 4.05. The first kappa shape index (κ1) is 20.2. The van der Waals surface area contributed by atoms with Crippen LogP contribution in [0.4, 0.5) is 0 Å². The molecule has 0 saturated heterocycles. The number of para-hydroxylation sites is 1. The number of esters is 1. The molecule has 1 aliphatic rings. The molecule has 7 nitrogen and oxygen atoms in total. The predicted molar refractivity (Wildman–Crippen MR) is 114 cm³/mol. The summed E-state index contributed by atoms with van der Waals surface area (Å²) in [6.45, 7) is 3.81. The van der Waals surface area contributed by atoms with E-state index in [9.17, 15) is 10.1 Å². The number of nitrogens with zero attached hydrogens (tertiary/aromatic N) is 3. The molecule has 156 valence electrons. The zero-order chi connectivity index (χ0) is 22.0. The van der Waals surface area contributed by atoms with E-state index in [1.165, 1.54) is 0 Å². The maximum absolute atomic E-state index is 13.7. The van der Waals surface area contributed by atoms with E-state index in [1.54, 1.807) is 23.7 Å². The molecule has 0 spiro atoms. The average molecular weight is 414 g/mol. The molecular weight excluding hydrogens is 392 g/mol. The van der Waals surface area contributed by atoms with E-state index in [0.29, 0.717) is 29.1 Å². The first-order valence-electron chi connectivity index (χ1n) is 10.1. The molecule has 1 aliphatic heterocycles. The third-order valence-electron chi connectivity index (χ3n) is 5.35. The van der Waals surface area contributed by atoms with E-state index in [0.717, 1.165) is 5.69 Å². The molecule has 0 fully saturated rings. The highest BCUT2D eigenvalue weighted by molar-refractivity contribution is 5.95. The van der Waals surface area contributed by atoms with Crippen LogP contribution < -0.4 is 10.5 Å². The van der Waals surface area contributed by atoms with Gasteiger partial charge in [-0.05, 0) is 31.0 Å². The minimum absolute atomic E-state index is 0.00744. The molecule has 2 aromatic carbocycles. The minimum atomic E-state index is -1.58. The van der Waals surface area contributed by atoms with Gasteiger partial charge in [0.15, 0.2) is 5.41 Å². The lowest BCUT2D eigenvalue weighted by atomic mass is 9.68. The fraction of sp³-hybridized carbons (Fsp3) is 0.208. The molecule has 1 unspecified atom stereocenters. The number of aromatic nitrogens is 2. The van der Waals surface area contributed by atoms with Gasteiger partial charge in [0.25, 0.3) is 0 Å². The Balaban J connectivity index is 2.15. The van der Waals surface area contributed by atoms with Gasteiger partial charge < -0.3 is 15.2 Å². The number of ether oxygens (including phenoxy) is 2. The van der Waals surface area contributed by atoms with Crippen molar-refractivity contribution in [3.05, 3.63) is 88.9 Å². The average Bonchev–Trinajstić information content (AvgIpc) is 3.18. The van der Waals surface area contributed by atoms with Crippen molar-refractivity contribution in [2.75, 3.05) is 6.61 Å². The van der Waals surface area contributed by atoms with Gasteiger partial charge >= 0.3 is 5.97 Å². The number of hydrogen-bond donors (Lipinski definition) is 1. The van der Waals surface area contributed by atoms with Crippen molar-refractivity contribution < 1.29 is 14.3 Å². The molecule has 0 bridgehead atoms. The largest absolute Gasteiger partial charge is 0.465 e. The lowest BCUT2D eigenvalue weighted by Gasteiger charge is -2.35. The molecule has 3 aromatic rings. The Morgan fingerprint density at radius 2 is 1.81 bits per heavy atom. The number of fused-ring (bicyclic) bond motifs is 1. The maximum atomic E-state index is 13.7. The van der Waals surface area contributed by atoms with Gasteiger partial charge in [-0.25, -0.2) is 4.68 Å². The van der Waals surface area contributed by atoms with Crippen molar-refractivity contribution >= 4 is 5.97 Å². The number of benzene rings is 2. The summed E-state index contributed by atoms with van der Waals surface area (Å²) in [7, 11) is 0. The molecule has 4 rings (SSSR count). The third kappa shape index (κ3) is 2.96. The number of carbonyl (C=O) groups is 1. The SMILES string of the molecule is CCOC(=O)C1(c2ccccc2)C(C#N)=C(N)Oc2c1c(CC)nn2-c1ccccc1. The second-order valence-corrected chi connectivity index (χ2v) is 7.02. The normalized spacial score (nSPS) is 17.5. The molecule has 1 aromatic heterocycles. The van der Waals surface area contributed by atoms with E-state index in [1.807, 2.05) is 55.5 Å². The molecular formula is C24H22N4O3. The van der Waals surface area contributed by atoms with Crippen molar-refractivity contribution in [1.29, 1.82) is 5.26 Å². The topological polar surface area (TPSA) is 103 Å². The molecule has 2 heterocycles. The van der Waals surface area contributed by atoms with E-state index in [-0.39, 0.29) is 18.1 Å². The Labute approximate surface area is 180 Å². The van der Waals surface area contributed by atoms with Crippen LogP contribution in [0, 0.1) is 11.3 Å². The Morgan fingerprint density at radius 1 is 1.16 bits per heavy atom. The Bertz CT molecular complexity index is 1190. The zero-order valence-corrected chi connectivity index (χ0v) is 17.3. The highest BCUT2D eigenvalue weighted by Gasteiger charge is 2.56. The summed E-state index contributed by atoms with van der Waals surface area (Å²) >= 11 is 0. The van der Waals surface area contributed by atoms with Crippen LogP contribution in [0.5, 0.6) is 5.88 Å². The van der Waals surface area contributed by atoms with Crippen LogP contribution in [0.3, 0.4) is 0 Å². The summed E-state index contributed by atoms with van der Waals surface area (Å²) in [4.78, 5) is 13.7. The summed E-state index contributed by atoms with van der Waals surface area (Å²) in [6, 6.07) is 20.6. The van der Waals surface area contributed by atoms with Crippen molar-refractivity contribution in [3.63, 3.8) is 0 Å². The molecule has 31 heavy (non-hydrogen) atoms. The maximum Gasteiger partial charge on any atom is 0.326 e. The van der Waals surface area contributed by atoms with Gasteiger partial charge in [0, 0.05) is 0 Å². The van der Waals surface area contributed by atoms with Crippen LogP contribution in [0.2, 0.25) is 0 Å². The molecule has 0 aliphatic carbocycles. The van der Waals surface area contributed by atoms with E-state index >= 15 is 0 Å². The summed E-state index contributed by atoms with van der Waals surface area (Å²) in [5, 5.41) is 14.8. The molecule has 7 heteroatoms. The van der Waals surface area contributed by atoms with Crippen LogP contribution in [-0.4, -0.2) is 22.4 Å².